The van der Waals surface area contributed by atoms with Crippen LogP contribution in [-0.4, -0.2) is 16.4 Å². The Balaban J connectivity index is 1.89. The molecule has 0 spiro atoms. The number of aromatic amines is 1. The molecule has 3 heteroatoms. The summed E-state index contributed by atoms with van der Waals surface area (Å²) in [5.74, 6) is 0.284. The van der Waals surface area contributed by atoms with Gasteiger partial charge in [0.2, 0.25) is 5.91 Å². The first-order chi connectivity index (χ1) is 9.83. The van der Waals surface area contributed by atoms with Crippen LogP contribution in [0.2, 0.25) is 0 Å². The standard InChI is InChI=1S/C18H24N2O/c1-11-5-7-15-13(9-11)14-10-12(6-8-16(14)19-15)17(21)20-18(2,3)4/h5,7,9,12,19H,6,8,10H2,1-4H3,(H,20,21). The summed E-state index contributed by atoms with van der Waals surface area (Å²) in [4.78, 5) is 15.9. The minimum atomic E-state index is -0.159. The zero-order valence-corrected chi connectivity index (χ0v) is 13.3. The molecule has 21 heavy (non-hydrogen) atoms. The van der Waals surface area contributed by atoms with Crippen molar-refractivity contribution in [1.82, 2.24) is 10.3 Å². The zero-order chi connectivity index (χ0) is 15.2. The lowest BCUT2D eigenvalue weighted by atomic mass is 9.85. The van der Waals surface area contributed by atoms with E-state index in [0.717, 1.165) is 19.3 Å². The van der Waals surface area contributed by atoms with Gasteiger partial charge in [-0.15, -0.1) is 0 Å². The number of amides is 1. The van der Waals surface area contributed by atoms with E-state index in [1.165, 1.54) is 27.7 Å². The van der Waals surface area contributed by atoms with Crippen LogP contribution >= 0.6 is 0 Å². The van der Waals surface area contributed by atoms with E-state index in [1.54, 1.807) is 0 Å². The van der Waals surface area contributed by atoms with Gasteiger partial charge in [-0.3, -0.25) is 4.79 Å². The van der Waals surface area contributed by atoms with Crippen LogP contribution in [0.1, 0.15) is 44.0 Å². The topological polar surface area (TPSA) is 44.9 Å². The van der Waals surface area contributed by atoms with Crippen LogP contribution in [0.4, 0.5) is 0 Å². The van der Waals surface area contributed by atoms with Gasteiger partial charge in [0.25, 0.3) is 0 Å². The number of aryl methyl sites for hydroxylation is 2. The second-order valence-corrected chi connectivity index (χ2v) is 7.31. The van der Waals surface area contributed by atoms with Gasteiger partial charge in [-0.05, 0) is 64.7 Å². The predicted molar refractivity (Wildman–Crippen MR) is 86.4 cm³/mol. The highest BCUT2D eigenvalue weighted by Crippen LogP contribution is 2.32. The third-order valence-corrected chi connectivity index (χ3v) is 4.21. The quantitative estimate of drug-likeness (QED) is 0.827. The maximum atomic E-state index is 12.4. The molecule has 2 aromatic rings. The molecule has 112 valence electrons. The van der Waals surface area contributed by atoms with E-state index in [0.29, 0.717) is 0 Å². The first-order valence-electron chi connectivity index (χ1n) is 7.75. The monoisotopic (exact) mass is 284 g/mol. The molecular formula is C18H24N2O. The number of aromatic nitrogens is 1. The Labute approximate surface area is 126 Å². The van der Waals surface area contributed by atoms with Gasteiger partial charge in [-0.2, -0.15) is 0 Å². The third-order valence-electron chi connectivity index (χ3n) is 4.21. The molecule has 0 saturated heterocycles. The molecule has 0 radical (unpaired) electrons. The van der Waals surface area contributed by atoms with Crippen molar-refractivity contribution in [2.24, 2.45) is 5.92 Å². The molecule has 0 fully saturated rings. The number of benzene rings is 1. The summed E-state index contributed by atoms with van der Waals surface area (Å²) in [6, 6.07) is 6.51. The van der Waals surface area contributed by atoms with Crippen molar-refractivity contribution in [2.45, 2.75) is 52.5 Å². The number of hydrogen-bond acceptors (Lipinski definition) is 1. The molecule has 0 bridgehead atoms. The van der Waals surface area contributed by atoms with E-state index in [2.05, 4.69) is 35.4 Å². The van der Waals surface area contributed by atoms with E-state index in [1.807, 2.05) is 20.8 Å². The number of carbonyl (C=O) groups excluding carboxylic acids is 1. The van der Waals surface area contributed by atoms with E-state index < -0.39 is 0 Å². The van der Waals surface area contributed by atoms with Crippen LogP contribution in [-0.2, 0) is 17.6 Å². The summed E-state index contributed by atoms with van der Waals surface area (Å²) in [5.41, 5.74) is 4.96. The van der Waals surface area contributed by atoms with Gasteiger partial charge >= 0.3 is 0 Å². The molecule has 1 aromatic carbocycles. The number of hydrogen-bond donors (Lipinski definition) is 2. The predicted octanol–water partition coefficient (Wildman–Crippen LogP) is 3.50. The lowest BCUT2D eigenvalue weighted by Gasteiger charge is -2.27. The van der Waals surface area contributed by atoms with Gasteiger partial charge in [-0.25, -0.2) is 0 Å². The van der Waals surface area contributed by atoms with Crippen LogP contribution in [0, 0.1) is 12.8 Å². The largest absolute Gasteiger partial charge is 0.358 e. The minimum Gasteiger partial charge on any atom is -0.358 e. The SMILES string of the molecule is Cc1ccc2[nH]c3c(c2c1)CC(C(=O)NC(C)(C)C)CC3. The van der Waals surface area contributed by atoms with Crippen LogP contribution in [0.15, 0.2) is 18.2 Å². The maximum Gasteiger partial charge on any atom is 0.223 e. The van der Waals surface area contributed by atoms with E-state index in [-0.39, 0.29) is 17.4 Å². The molecule has 0 saturated carbocycles. The van der Waals surface area contributed by atoms with Gasteiger partial charge in [0.05, 0.1) is 0 Å². The van der Waals surface area contributed by atoms with Crippen molar-refractivity contribution >= 4 is 16.8 Å². The molecule has 2 N–H and O–H groups in total. The molecule has 1 aliphatic rings. The molecule has 1 amide bonds. The summed E-state index contributed by atoms with van der Waals surface area (Å²) in [7, 11) is 0. The maximum absolute atomic E-state index is 12.4. The van der Waals surface area contributed by atoms with Crippen molar-refractivity contribution in [1.29, 1.82) is 0 Å². The van der Waals surface area contributed by atoms with Crippen molar-refractivity contribution in [3.63, 3.8) is 0 Å². The van der Waals surface area contributed by atoms with Gasteiger partial charge in [0.1, 0.15) is 0 Å². The smallest absolute Gasteiger partial charge is 0.223 e. The minimum absolute atomic E-state index is 0.0937. The highest BCUT2D eigenvalue weighted by molar-refractivity contribution is 5.87. The van der Waals surface area contributed by atoms with Gasteiger partial charge < -0.3 is 10.3 Å². The number of nitrogens with one attached hydrogen (secondary N) is 2. The summed E-state index contributed by atoms with van der Waals surface area (Å²) in [6.07, 6.45) is 2.74. The Morgan fingerprint density at radius 3 is 2.81 bits per heavy atom. The van der Waals surface area contributed by atoms with Gasteiger partial charge in [0, 0.05) is 28.1 Å². The second kappa shape index (κ2) is 4.90. The van der Waals surface area contributed by atoms with Crippen molar-refractivity contribution in [3.05, 3.63) is 35.0 Å². The second-order valence-electron chi connectivity index (χ2n) is 7.31. The lowest BCUT2D eigenvalue weighted by Crippen LogP contribution is -2.45. The number of fused-ring (bicyclic) bond motifs is 3. The Morgan fingerprint density at radius 1 is 1.33 bits per heavy atom. The first-order valence-corrected chi connectivity index (χ1v) is 7.75. The van der Waals surface area contributed by atoms with Crippen molar-refractivity contribution in [2.75, 3.05) is 0 Å². The molecule has 1 aromatic heterocycles. The van der Waals surface area contributed by atoms with Gasteiger partial charge in [-0.1, -0.05) is 11.6 Å². The molecule has 1 heterocycles. The molecule has 1 atom stereocenters. The number of carbonyl (C=O) groups is 1. The van der Waals surface area contributed by atoms with Gasteiger partial charge in [0.15, 0.2) is 0 Å². The Kier molecular flexibility index (Phi) is 3.31. The average molecular weight is 284 g/mol. The highest BCUT2D eigenvalue weighted by Gasteiger charge is 2.29. The summed E-state index contributed by atoms with van der Waals surface area (Å²) >= 11 is 0. The summed E-state index contributed by atoms with van der Waals surface area (Å²) in [5, 5.41) is 4.41. The van der Waals surface area contributed by atoms with Crippen molar-refractivity contribution < 1.29 is 4.79 Å². The van der Waals surface area contributed by atoms with Crippen LogP contribution < -0.4 is 5.32 Å². The fourth-order valence-electron chi connectivity index (χ4n) is 3.23. The van der Waals surface area contributed by atoms with Crippen LogP contribution in [0.25, 0.3) is 10.9 Å². The molecule has 0 aliphatic heterocycles. The number of H-pyrrole nitrogens is 1. The Hall–Kier alpha value is -1.77. The van der Waals surface area contributed by atoms with Crippen LogP contribution in [0.5, 0.6) is 0 Å². The first kappa shape index (κ1) is 14.2. The fourth-order valence-corrected chi connectivity index (χ4v) is 3.23. The average Bonchev–Trinajstić information content (AvgIpc) is 2.74. The number of rotatable bonds is 1. The van der Waals surface area contributed by atoms with E-state index in [9.17, 15) is 4.79 Å². The lowest BCUT2D eigenvalue weighted by molar-refractivity contribution is -0.126. The molecular weight excluding hydrogens is 260 g/mol. The van der Waals surface area contributed by atoms with E-state index >= 15 is 0 Å². The van der Waals surface area contributed by atoms with E-state index in [4.69, 9.17) is 0 Å². The molecule has 3 nitrogen and oxygen atoms in total. The summed E-state index contributed by atoms with van der Waals surface area (Å²) in [6.45, 7) is 8.22. The molecule has 3 rings (SSSR count). The third kappa shape index (κ3) is 2.82. The fraction of sp³-hybridized carbons (Fsp3) is 0.500. The van der Waals surface area contributed by atoms with Crippen molar-refractivity contribution in [3.8, 4) is 0 Å². The molecule has 1 unspecified atom stereocenters. The Morgan fingerprint density at radius 2 is 2.10 bits per heavy atom. The summed E-state index contributed by atoms with van der Waals surface area (Å²) < 4.78 is 0. The Bertz CT molecular complexity index is 691. The van der Waals surface area contributed by atoms with Crippen LogP contribution in [0.3, 0.4) is 0 Å². The zero-order valence-electron chi connectivity index (χ0n) is 13.3. The molecule has 1 aliphatic carbocycles. The highest BCUT2D eigenvalue weighted by atomic mass is 16.2. The normalized spacial score (nSPS) is 18.6.